The van der Waals surface area contributed by atoms with E-state index in [-0.39, 0.29) is 5.91 Å². The Morgan fingerprint density at radius 1 is 1.50 bits per heavy atom. The van der Waals surface area contributed by atoms with Crippen LogP contribution < -0.4 is 0 Å². The van der Waals surface area contributed by atoms with Crippen molar-refractivity contribution in [3.05, 3.63) is 21.3 Å². The highest BCUT2D eigenvalue weighted by atomic mass is 35.5. The van der Waals surface area contributed by atoms with Crippen LogP contribution in [-0.4, -0.2) is 39.6 Å². The second-order valence-corrected chi connectivity index (χ2v) is 5.95. The fraction of sp³-hybridized carbons (Fsp3) is 0.333. The highest BCUT2D eigenvalue weighted by molar-refractivity contribution is 7.99. The maximum Gasteiger partial charge on any atom is 0.327 e. The lowest BCUT2D eigenvalue weighted by atomic mass is 10.3. The lowest BCUT2D eigenvalue weighted by Crippen LogP contribution is -2.41. The quantitative estimate of drug-likeness (QED) is 0.898. The molecular formula is C9H8ClNO3S2. The fourth-order valence-corrected chi connectivity index (χ4v) is 3.56. The van der Waals surface area contributed by atoms with Crippen molar-refractivity contribution in [1.29, 1.82) is 0 Å². The van der Waals surface area contributed by atoms with Gasteiger partial charge in [-0.05, 0) is 12.1 Å². The summed E-state index contributed by atoms with van der Waals surface area (Å²) in [7, 11) is 0. The van der Waals surface area contributed by atoms with Gasteiger partial charge in [0.2, 0.25) is 0 Å². The average Bonchev–Trinajstić information content (AvgIpc) is 2.84. The van der Waals surface area contributed by atoms with Gasteiger partial charge in [0, 0.05) is 5.75 Å². The van der Waals surface area contributed by atoms with Gasteiger partial charge in [-0.25, -0.2) is 4.79 Å². The van der Waals surface area contributed by atoms with Crippen molar-refractivity contribution in [3.8, 4) is 0 Å². The summed E-state index contributed by atoms with van der Waals surface area (Å²) >= 11 is 8.35. The summed E-state index contributed by atoms with van der Waals surface area (Å²) in [5, 5.41) is 8.95. The summed E-state index contributed by atoms with van der Waals surface area (Å²) in [4.78, 5) is 24.8. The highest BCUT2D eigenvalue weighted by Crippen LogP contribution is 2.27. The van der Waals surface area contributed by atoms with Gasteiger partial charge in [0.15, 0.2) is 0 Å². The summed E-state index contributed by atoms with van der Waals surface area (Å²) < 4.78 is 0.530. The lowest BCUT2D eigenvalue weighted by Gasteiger charge is -2.19. The van der Waals surface area contributed by atoms with Crippen molar-refractivity contribution in [3.63, 3.8) is 0 Å². The van der Waals surface area contributed by atoms with Crippen molar-refractivity contribution < 1.29 is 14.7 Å². The SMILES string of the molecule is O=C(O)C1CSCN1C(=O)c1ccc(Cl)s1. The number of carboxylic acid groups (broad SMARTS) is 1. The van der Waals surface area contributed by atoms with Gasteiger partial charge in [0.25, 0.3) is 5.91 Å². The summed E-state index contributed by atoms with van der Waals surface area (Å²) in [6.45, 7) is 0. The second-order valence-electron chi connectivity index (χ2n) is 3.23. The van der Waals surface area contributed by atoms with Crippen molar-refractivity contribution in [2.45, 2.75) is 6.04 Å². The number of carbonyl (C=O) groups excluding carboxylic acids is 1. The Morgan fingerprint density at radius 3 is 2.81 bits per heavy atom. The van der Waals surface area contributed by atoms with E-state index in [1.807, 2.05) is 0 Å². The Balaban J connectivity index is 2.18. The zero-order valence-corrected chi connectivity index (χ0v) is 10.4. The van der Waals surface area contributed by atoms with Crippen LogP contribution in [0.3, 0.4) is 0 Å². The Bertz CT molecular complexity index is 434. The maximum absolute atomic E-state index is 12.0. The molecule has 1 N–H and O–H groups in total. The van der Waals surface area contributed by atoms with E-state index < -0.39 is 12.0 Å². The zero-order chi connectivity index (χ0) is 11.7. The fourth-order valence-electron chi connectivity index (χ4n) is 1.42. The molecule has 0 bridgehead atoms. The van der Waals surface area contributed by atoms with Gasteiger partial charge in [0.1, 0.15) is 6.04 Å². The largest absolute Gasteiger partial charge is 0.480 e. The van der Waals surface area contributed by atoms with Crippen LogP contribution in [0.4, 0.5) is 0 Å². The molecular weight excluding hydrogens is 270 g/mol. The lowest BCUT2D eigenvalue weighted by molar-refractivity contribution is -0.140. The molecule has 86 valence electrons. The number of rotatable bonds is 2. The summed E-state index contributed by atoms with van der Waals surface area (Å²) in [6, 6.07) is 2.54. The Kier molecular flexibility index (Phi) is 3.41. The molecule has 4 nitrogen and oxygen atoms in total. The average molecular weight is 278 g/mol. The van der Waals surface area contributed by atoms with E-state index in [1.54, 1.807) is 12.1 Å². The standard InChI is InChI=1S/C9H8ClNO3S2/c10-7-2-1-6(16-7)8(12)11-4-15-3-5(11)9(13)14/h1-2,5H,3-4H2,(H,13,14). The van der Waals surface area contributed by atoms with Gasteiger partial charge in [0.05, 0.1) is 15.1 Å². The molecule has 16 heavy (non-hydrogen) atoms. The van der Waals surface area contributed by atoms with Crippen molar-refractivity contribution >= 4 is 46.6 Å². The molecule has 1 atom stereocenters. The third-order valence-electron chi connectivity index (χ3n) is 2.21. The van der Waals surface area contributed by atoms with Crippen molar-refractivity contribution in [2.24, 2.45) is 0 Å². The first-order valence-electron chi connectivity index (χ1n) is 4.46. The molecule has 1 amide bonds. The summed E-state index contributed by atoms with van der Waals surface area (Å²) in [5.41, 5.74) is 0. The third kappa shape index (κ3) is 2.18. The molecule has 2 heterocycles. The van der Waals surface area contributed by atoms with Crippen LogP contribution in [0.2, 0.25) is 4.34 Å². The molecule has 1 unspecified atom stereocenters. The number of hydrogen-bond acceptors (Lipinski definition) is 4. The molecule has 1 aliphatic rings. The topological polar surface area (TPSA) is 57.6 Å². The number of carbonyl (C=O) groups is 2. The highest BCUT2D eigenvalue weighted by Gasteiger charge is 2.35. The van der Waals surface area contributed by atoms with Crippen LogP contribution in [0.1, 0.15) is 9.67 Å². The summed E-state index contributed by atoms with van der Waals surface area (Å²) in [6.07, 6.45) is 0. The van der Waals surface area contributed by atoms with E-state index in [2.05, 4.69) is 0 Å². The van der Waals surface area contributed by atoms with Crippen LogP contribution in [-0.2, 0) is 4.79 Å². The molecule has 1 fully saturated rings. The molecule has 2 rings (SSSR count). The first-order chi connectivity index (χ1) is 7.59. The van der Waals surface area contributed by atoms with Crippen LogP contribution in [0.25, 0.3) is 0 Å². The van der Waals surface area contributed by atoms with E-state index in [0.29, 0.717) is 20.8 Å². The number of thiophene rings is 1. The number of hydrogen-bond donors (Lipinski definition) is 1. The molecule has 0 spiro atoms. The first kappa shape index (κ1) is 11.8. The minimum atomic E-state index is -0.957. The molecule has 1 saturated heterocycles. The smallest absolute Gasteiger partial charge is 0.327 e. The first-order valence-corrected chi connectivity index (χ1v) is 6.81. The number of amides is 1. The number of carboxylic acids is 1. The maximum atomic E-state index is 12.0. The number of thioether (sulfide) groups is 1. The third-order valence-corrected chi connectivity index (χ3v) is 4.44. The second kappa shape index (κ2) is 4.65. The molecule has 0 radical (unpaired) electrons. The minimum absolute atomic E-state index is 0.255. The normalized spacial score (nSPS) is 20.1. The van der Waals surface area contributed by atoms with Gasteiger partial charge >= 0.3 is 5.97 Å². The van der Waals surface area contributed by atoms with Crippen LogP contribution in [0, 0.1) is 0 Å². The molecule has 7 heteroatoms. The summed E-state index contributed by atoms with van der Waals surface area (Å²) in [5.74, 6) is -0.346. The molecule has 1 aromatic rings. The predicted octanol–water partition coefficient (Wildman–Crippen LogP) is 2.00. The Labute approximate surface area is 105 Å². The van der Waals surface area contributed by atoms with Crippen LogP contribution >= 0.6 is 34.7 Å². The molecule has 0 saturated carbocycles. The monoisotopic (exact) mass is 277 g/mol. The zero-order valence-electron chi connectivity index (χ0n) is 8.05. The van der Waals surface area contributed by atoms with Crippen molar-refractivity contribution in [2.75, 3.05) is 11.6 Å². The Hall–Kier alpha value is -0.720. The minimum Gasteiger partial charge on any atom is -0.480 e. The van der Waals surface area contributed by atoms with Gasteiger partial charge in [-0.2, -0.15) is 0 Å². The van der Waals surface area contributed by atoms with Gasteiger partial charge < -0.3 is 10.0 Å². The molecule has 1 aliphatic heterocycles. The molecule has 1 aromatic heterocycles. The number of nitrogens with zero attached hydrogens (tertiary/aromatic N) is 1. The molecule has 0 aromatic carbocycles. The predicted molar refractivity (Wildman–Crippen MR) is 64.2 cm³/mol. The van der Waals surface area contributed by atoms with E-state index in [1.165, 1.54) is 28.0 Å². The van der Waals surface area contributed by atoms with Crippen LogP contribution in [0.15, 0.2) is 12.1 Å². The van der Waals surface area contributed by atoms with Crippen molar-refractivity contribution in [1.82, 2.24) is 4.90 Å². The van der Waals surface area contributed by atoms with Gasteiger partial charge in [-0.3, -0.25) is 4.79 Å². The van der Waals surface area contributed by atoms with Gasteiger partial charge in [-0.1, -0.05) is 11.6 Å². The van der Waals surface area contributed by atoms with E-state index in [9.17, 15) is 9.59 Å². The number of halogens is 1. The molecule has 0 aliphatic carbocycles. The van der Waals surface area contributed by atoms with E-state index in [0.717, 1.165) is 0 Å². The van der Waals surface area contributed by atoms with E-state index >= 15 is 0 Å². The van der Waals surface area contributed by atoms with E-state index in [4.69, 9.17) is 16.7 Å². The number of aliphatic carboxylic acids is 1. The van der Waals surface area contributed by atoms with Crippen LogP contribution in [0.5, 0.6) is 0 Å². The van der Waals surface area contributed by atoms with Gasteiger partial charge in [-0.15, -0.1) is 23.1 Å². The Morgan fingerprint density at radius 2 is 2.25 bits per heavy atom.